The maximum Gasteiger partial charge on any atom is 0.0271 e. The number of rotatable bonds is 4. The van der Waals surface area contributed by atoms with Gasteiger partial charge in [0, 0.05) is 31.0 Å². The molecule has 1 heterocycles. The van der Waals surface area contributed by atoms with E-state index in [4.69, 9.17) is 5.73 Å². The normalized spacial score (nSPS) is 27.0. The third-order valence-corrected chi connectivity index (χ3v) is 5.10. The van der Waals surface area contributed by atoms with Crippen LogP contribution in [0.2, 0.25) is 0 Å². The summed E-state index contributed by atoms with van der Waals surface area (Å²) in [5, 5.41) is 0. The number of nitrogens with zero attached hydrogens (tertiary/aromatic N) is 2. The molecular formula is C18H31N3. The molecule has 0 spiro atoms. The molecule has 3 heteroatoms. The molecule has 3 unspecified atom stereocenters. The molecule has 118 valence electrons. The fourth-order valence-corrected chi connectivity index (χ4v) is 3.56. The Morgan fingerprint density at radius 2 is 1.90 bits per heavy atom. The molecule has 0 aliphatic heterocycles. The molecular weight excluding hydrogens is 258 g/mol. The largest absolute Gasteiger partial charge is 0.326 e. The molecule has 2 rings (SSSR count). The molecule has 0 aromatic carbocycles. The number of pyridine rings is 1. The van der Waals surface area contributed by atoms with Gasteiger partial charge in [-0.15, -0.1) is 0 Å². The highest BCUT2D eigenvalue weighted by molar-refractivity contribution is 5.10. The van der Waals surface area contributed by atoms with Crippen LogP contribution in [0.25, 0.3) is 0 Å². The van der Waals surface area contributed by atoms with E-state index in [1.54, 1.807) is 0 Å². The van der Waals surface area contributed by atoms with E-state index < -0.39 is 0 Å². The van der Waals surface area contributed by atoms with Crippen molar-refractivity contribution in [2.24, 2.45) is 17.1 Å². The zero-order valence-electron chi connectivity index (χ0n) is 14.0. The van der Waals surface area contributed by atoms with E-state index in [0.717, 1.165) is 25.4 Å². The highest BCUT2D eigenvalue weighted by atomic mass is 15.2. The Morgan fingerprint density at radius 3 is 2.48 bits per heavy atom. The molecule has 1 aliphatic carbocycles. The van der Waals surface area contributed by atoms with Crippen LogP contribution in [-0.2, 0) is 6.54 Å². The summed E-state index contributed by atoms with van der Waals surface area (Å²) in [6.45, 7) is 11.4. The second kappa shape index (κ2) is 6.89. The Kier molecular flexibility index (Phi) is 5.39. The van der Waals surface area contributed by atoms with Crippen LogP contribution in [0.1, 0.15) is 52.5 Å². The topological polar surface area (TPSA) is 42.2 Å². The predicted molar refractivity (Wildman–Crippen MR) is 88.9 cm³/mol. The quantitative estimate of drug-likeness (QED) is 0.923. The van der Waals surface area contributed by atoms with Crippen LogP contribution >= 0.6 is 0 Å². The van der Waals surface area contributed by atoms with Crippen molar-refractivity contribution in [3.05, 3.63) is 30.1 Å². The molecule has 0 radical (unpaired) electrons. The van der Waals surface area contributed by atoms with Crippen LogP contribution in [0.15, 0.2) is 24.5 Å². The lowest BCUT2D eigenvalue weighted by Gasteiger charge is -2.45. The fourth-order valence-electron chi connectivity index (χ4n) is 3.56. The zero-order chi connectivity index (χ0) is 15.5. The lowest BCUT2D eigenvalue weighted by molar-refractivity contribution is 0.0679. The second-order valence-electron chi connectivity index (χ2n) is 7.53. The first-order valence-corrected chi connectivity index (χ1v) is 8.30. The van der Waals surface area contributed by atoms with Crippen molar-refractivity contribution in [2.75, 3.05) is 6.54 Å². The molecule has 0 amide bonds. The SMILES string of the molecule is CCN(Cc1ccncc1)C1CC(C(C)(C)C)CCC1N. The summed E-state index contributed by atoms with van der Waals surface area (Å²) in [4.78, 5) is 6.66. The van der Waals surface area contributed by atoms with Gasteiger partial charge in [-0.3, -0.25) is 9.88 Å². The van der Waals surface area contributed by atoms with Crippen molar-refractivity contribution >= 4 is 0 Å². The Balaban J connectivity index is 2.08. The third-order valence-electron chi connectivity index (χ3n) is 5.10. The number of likely N-dealkylation sites (N-methyl/N-ethyl adjacent to an activating group) is 1. The smallest absolute Gasteiger partial charge is 0.0271 e. The van der Waals surface area contributed by atoms with Crippen molar-refractivity contribution < 1.29 is 0 Å². The minimum absolute atomic E-state index is 0.311. The van der Waals surface area contributed by atoms with Gasteiger partial charge in [-0.2, -0.15) is 0 Å². The van der Waals surface area contributed by atoms with Crippen molar-refractivity contribution in [1.29, 1.82) is 0 Å². The number of nitrogens with two attached hydrogens (primary N) is 1. The Labute approximate surface area is 129 Å². The van der Waals surface area contributed by atoms with Crippen molar-refractivity contribution in [1.82, 2.24) is 9.88 Å². The van der Waals surface area contributed by atoms with Crippen LogP contribution < -0.4 is 5.73 Å². The van der Waals surface area contributed by atoms with Gasteiger partial charge in [-0.25, -0.2) is 0 Å². The third kappa shape index (κ3) is 4.27. The number of hydrogen-bond donors (Lipinski definition) is 1. The Bertz CT molecular complexity index is 424. The molecule has 1 aromatic heterocycles. The average Bonchev–Trinajstić information content (AvgIpc) is 2.45. The molecule has 1 saturated carbocycles. The first kappa shape index (κ1) is 16.4. The van der Waals surface area contributed by atoms with E-state index >= 15 is 0 Å². The van der Waals surface area contributed by atoms with Gasteiger partial charge >= 0.3 is 0 Å². The standard InChI is InChI=1S/C18H31N3/c1-5-21(13-14-8-10-20-11-9-14)17-12-15(18(2,3)4)6-7-16(17)19/h8-11,15-17H,5-7,12-13,19H2,1-4H3. The summed E-state index contributed by atoms with van der Waals surface area (Å²) >= 11 is 0. The molecule has 0 saturated heterocycles. The van der Waals surface area contributed by atoms with Gasteiger partial charge in [0.1, 0.15) is 0 Å². The lowest BCUT2D eigenvalue weighted by atomic mass is 9.69. The fraction of sp³-hybridized carbons (Fsp3) is 0.722. The van der Waals surface area contributed by atoms with Crippen molar-refractivity contribution in [3.8, 4) is 0 Å². The minimum atomic E-state index is 0.311. The van der Waals surface area contributed by atoms with Crippen molar-refractivity contribution in [2.45, 2.75) is 65.6 Å². The molecule has 3 nitrogen and oxygen atoms in total. The van der Waals surface area contributed by atoms with Gasteiger partial charge in [0.15, 0.2) is 0 Å². The predicted octanol–water partition coefficient (Wildman–Crippen LogP) is 3.45. The monoisotopic (exact) mass is 289 g/mol. The van der Waals surface area contributed by atoms with Gasteiger partial charge in [0.25, 0.3) is 0 Å². The summed E-state index contributed by atoms with van der Waals surface area (Å²) < 4.78 is 0. The zero-order valence-corrected chi connectivity index (χ0v) is 14.0. The van der Waals surface area contributed by atoms with Gasteiger partial charge in [0.05, 0.1) is 0 Å². The highest BCUT2D eigenvalue weighted by Gasteiger charge is 2.36. The Hall–Kier alpha value is -0.930. The molecule has 1 aliphatic rings. The molecule has 1 aromatic rings. The highest BCUT2D eigenvalue weighted by Crippen LogP contribution is 2.39. The number of aromatic nitrogens is 1. The van der Waals surface area contributed by atoms with E-state index in [2.05, 4.69) is 49.7 Å². The maximum absolute atomic E-state index is 6.46. The van der Waals surface area contributed by atoms with Gasteiger partial charge < -0.3 is 5.73 Å². The van der Waals surface area contributed by atoms with Crippen LogP contribution in [-0.4, -0.2) is 28.5 Å². The molecule has 1 fully saturated rings. The first-order chi connectivity index (χ1) is 9.91. The maximum atomic E-state index is 6.46. The van der Waals surface area contributed by atoms with Crippen LogP contribution in [0.5, 0.6) is 0 Å². The molecule has 0 bridgehead atoms. The van der Waals surface area contributed by atoms with Gasteiger partial charge in [-0.05, 0) is 54.8 Å². The summed E-state index contributed by atoms with van der Waals surface area (Å²) in [7, 11) is 0. The summed E-state index contributed by atoms with van der Waals surface area (Å²) in [5.74, 6) is 0.772. The molecule has 21 heavy (non-hydrogen) atoms. The van der Waals surface area contributed by atoms with E-state index in [-0.39, 0.29) is 0 Å². The molecule has 3 atom stereocenters. The second-order valence-corrected chi connectivity index (χ2v) is 7.53. The minimum Gasteiger partial charge on any atom is -0.326 e. The van der Waals surface area contributed by atoms with Gasteiger partial charge in [-0.1, -0.05) is 27.7 Å². The lowest BCUT2D eigenvalue weighted by Crippen LogP contribution is -2.52. The van der Waals surface area contributed by atoms with Gasteiger partial charge in [0.2, 0.25) is 0 Å². The van der Waals surface area contributed by atoms with Crippen LogP contribution in [0.4, 0.5) is 0 Å². The molecule has 2 N–H and O–H groups in total. The Morgan fingerprint density at radius 1 is 1.24 bits per heavy atom. The van der Waals surface area contributed by atoms with Crippen molar-refractivity contribution in [3.63, 3.8) is 0 Å². The van der Waals surface area contributed by atoms with Crippen LogP contribution in [0, 0.1) is 11.3 Å². The summed E-state index contributed by atoms with van der Waals surface area (Å²) in [5.41, 5.74) is 8.17. The van der Waals surface area contributed by atoms with Crippen LogP contribution in [0.3, 0.4) is 0 Å². The van der Waals surface area contributed by atoms with E-state index in [1.807, 2.05) is 12.4 Å². The van der Waals surface area contributed by atoms with E-state index in [0.29, 0.717) is 17.5 Å². The average molecular weight is 289 g/mol. The summed E-state index contributed by atoms with van der Waals surface area (Å²) in [6.07, 6.45) is 7.40. The number of hydrogen-bond acceptors (Lipinski definition) is 3. The van der Waals surface area contributed by atoms with E-state index in [1.165, 1.54) is 18.4 Å². The first-order valence-electron chi connectivity index (χ1n) is 8.30. The van der Waals surface area contributed by atoms with E-state index in [9.17, 15) is 0 Å². The summed E-state index contributed by atoms with van der Waals surface area (Å²) in [6, 6.07) is 5.03.